The Labute approximate surface area is 80.9 Å². The van der Waals surface area contributed by atoms with Gasteiger partial charge in [0.1, 0.15) is 0 Å². The normalized spacial score (nSPS) is 12.2. The van der Waals surface area contributed by atoms with Crippen molar-refractivity contribution in [3.05, 3.63) is 10.3 Å². The molecule has 82 valence electrons. The molecule has 0 rings (SSSR count). The van der Waals surface area contributed by atoms with Crippen LogP contribution >= 0.6 is 0 Å². The van der Waals surface area contributed by atoms with Gasteiger partial charge >= 0.3 is 20.2 Å². The number of hydrogen-bond acceptors (Lipinski definition) is 5. The summed E-state index contributed by atoms with van der Waals surface area (Å²) in [5.74, 6) is -0.852. The molecule has 0 aliphatic rings. The largest absolute Gasteiger partial charge is 0.308 e. The standard InChI is InChI=1S/C5H8O7S2/c1-2-4(6)3-5(13(7,8)9)14(10,11)12/h3H,2H2,1H3,(H,7,8,9)(H,10,11,12). The van der Waals surface area contributed by atoms with Gasteiger partial charge in [-0.05, 0) is 0 Å². The van der Waals surface area contributed by atoms with Gasteiger partial charge in [-0.15, -0.1) is 0 Å². The van der Waals surface area contributed by atoms with Crippen molar-refractivity contribution >= 4 is 26.0 Å². The van der Waals surface area contributed by atoms with Gasteiger partial charge in [-0.1, -0.05) is 6.92 Å². The quantitative estimate of drug-likeness (QED) is 0.508. The van der Waals surface area contributed by atoms with Gasteiger partial charge in [0.2, 0.25) is 4.24 Å². The molecule has 0 aromatic carbocycles. The van der Waals surface area contributed by atoms with Gasteiger partial charge in [0.05, 0.1) is 0 Å². The highest BCUT2D eigenvalue weighted by Gasteiger charge is 2.27. The molecule has 0 bridgehead atoms. The predicted molar refractivity (Wildman–Crippen MR) is 46.5 cm³/mol. The summed E-state index contributed by atoms with van der Waals surface area (Å²) in [6.45, 7) is 1.35. The Hall–Kier alpha value is -0.770. The Morgan fingerprint density at radius 3 is 1.71 bits per heavy atom. The third-order valence-electron chi connectivity index (χ3n) is 1.14. The van der Waals surface area contributed by atoms with Crippen LogP contribution in [-0.4, -0.2) is 31.7 Å². The molecule has 9 heteroatoms. The topological polar surface area (TPSA) is 126 Å². The van der Waals surface area contributed by atoms with Crippen LogP contribution in [-0.2, 0) is 25.0 Å². The third-order valence-corrected chi connectivity index (χ3v) is 3.65. The first-order valence-electron chi connectivity index (χ1n) is 3.28. The molecule has 0 aromatic heterocycles. The van der Waals surface area contributed by atoms with Gasteiger partial charge in [0.15, 0.2) is 5.78 Å². The minimum atomic E-state index is -5.13. The molecule has 0 unspecified atom stereocenters. The van der Waals surface area contributed by atoms with Crippen molar-refractivity contribution < 1.29 is 30.7 Å². The highest BCUT2D eigenvalue weighted by Crippen LogP contribution is 2.11. The second-order valence-electron chi connectivity index (χ2n) is 2.23. The van der Waals surface area contributed by atoms with Crippen molar-refractivity contribution in [1.82, 2.24) is 0 Å². The zero-order chi connectivity index (χ0) is 11.6. The van der Waals surface area contributed by atoms with E-state index in [1.807, 2.05) is 0 Å². The molecule has 0 fully saturated rings. The number of carbonyl (C=O) groups is 1. The monoisotopic (exact) mass is 244 g/mol. The fraction of sp³-hybridized carbons (Fsp3) is 0.400. The van der Waals surface area contributed by atoms with E-state index < -0.39 is 30.3 Å². The van der Waals surface area contributed by atoms with E-state index in [1.54, 1.807) is 0 Å². The van der Waals surface area contributed by atoms with Gasteiger partial charge in [-0.25, -0.2) is 0 Å². The van der Waals surface area contributed by atoms with E-state index in [0.717, 1.165) is 0 Å². The van der Waals surface area contributed by atoms with Gasteiger partial charge < -0.3 is 0 Å². The Balaban J connectivity index is 5.62. The molecule has 7 nitrogen and oxygen atoms in total. The Morgan fingerprint density at radius 2 is 1.50 bits per heavy atom. The fourth-order valence-electron chi connectivity index (χ4n) is 0.516. The van der Waals surface area contributed by atoms with E-state index in [4.69, 9.17) is 9.11 Å². The molecule has 0 aromatic rings. The summed E-state index contributed by atoms with van der Waals surface area (Å²) in [4.78, 5) is 10.7. The molecule has 0 heterocycles. The summed E-state index contributed by atoms with van der Waals surface area (Å²) in [5, 5.41) is 0. The molecule has 0 aliphatic heterocycles. The van der Waals surface area contributed by atoms with Crippen molar-refractivity contribution in [2.45, 2.75) is 13.3 Å². The van der Waals surface area contributed by atoms with Crippen LogP contribution in [0.15, 0.2) is 10.3 Å². The van der Waals surface area contributed by atoms with E-state index in [0.29, 0.717) is 0 Å². The average Bonchev–Trinajstić information content (AvgIpc) is 1.95. The number of rotatable bonds is 4. The van der Waals surface area contributed by atoms with Crippen molar-refractivity contribution in [1.29, 1.82) is 0 Å². The maximum atomic E-state index is 10.7. The summed E-state index contributed by atoms with van der Waals surface area (Å²) in [5.41, 5.74) is 0. The highest BCUT2D eigenvalue weighted by atomic mass is 32.3. The molecular weight excluding hydrogens is 236 g/mol. The average molecular weight is 244 g/mol. The van der Waals surface area contributed by atoms with Crippen molar-refractivity contribution in [3.63, 3.8) is 0 Å². The van der Waals surface area contributed by atoms with Crippen LogP contribution < -0.4 is 0 Å². The number of hydrogen-bond donors (Lipinski definition) is 2. The molecule has 0 aliphatic carbocycles. The number of ketones is 1. The Morgan fingerprint density at radius 1 is 1.14 bits per heavy atom. The second-order valence-corrected chi connectivity index (χ2v) is 5.27. The van der Waals surface area contributed by atoms with Crippen molar-refractivity contribution in [2.24, 2.45) is 0 Å². The maximum Gasteiger partial charge on any atom is 0.308 e. The zero-order valence-electron chi connectivity index (χ0n) is 7.04. The van der Waals surface area contributed by atoms with E-state index >= 15 is 0 Å². The van der Waals surface area contributed by atoms with E-state index in [-0.39, 0.29) is 12.5 Å². The number of allylic oxidation sites excluding steroid dienone is 1. The predicted octanol–water partition coefficient (Wildman–Crippen LogP) is -0.417. The lowest BCUT2D eigenvalue weighted by Crippen LogP contribution is -2.14. The first-order chi connectivity index (χ1) is 6.09. The SMILES string of the molecule is CCC(=O)C=C(S(=O)(=O)O)S(=O)(=O)O. The molecule has 0 spiro atoms. The first-order valence-corrected chi connectivity index (χ1v) is 6.16. The highest BCUT2D eigenvalue weighted by molar-refractivity contribution is 8.09. The molecule has 0 saturated carbocycles. The Kier molecular flexibility index (Phi) is 3.94. The molecule has 0 amide bonds. The van der Waals surface area contributed by atoms with Crippen LogP contribution in [0.25, 0.3) is 0 Å². The van der Waals surface area contributed by atoms with Crippen LogP contribution in [0.2, 0.25) is 0 Å². The van der Waals surface area contributed by atoms with Crippen molar-refractivity contribution in [2.75, 3.05) is 0 Å². The molecule has 0 atom stereocenters. The van der Waals surface area contributed by atoms with E-state index in [1.165, 1.54) is 6.92 Å². The first kappa shape index (κ1) is 13.2. The lowest BCUT2D eigenvalue weighted by Gasteiger charge is -1.98. The Bertz CT molecular complexity index is 418. The summed E-state index contributed by atoms with van der Waals surface area (Å²) < 4.78 is 56.7. The van der Waals surface area contributed by atoms with Crippen LogP contribution in [0.4, 0.5) is 0 Å². The van der Waals surface area contributed by atoms with E-state index in [2.05, 4.69) is 0 Å². The van der Waals surface area contributed by atoms with Crippen LogP contribution in [0.5, 0.6) is 0 Å². The number of carbonyl (C=O) groups excluding carboxylic acids is 1. The second kappa shape index (κ2) is 4.17. The molecule has 0 saturated heterocycles. The van der Waals surface area contributed by atoms with Crippen LogP contribution in [0, 0.1) is 0 Å². The zero-order valence-corrected chi connectivity index (χ0v) is 8.67. The van der Waals surface area contributed by atoms with Gasteiger partial charge in [0.25, 0.3) is 0 Å². The minimum absolute atomic E-state index is 0.157. The third kappa shape index (κ3) is 3.96. The minimum Gasteiger partial charge on any atom is -0.295 e. The molecule has 0 radical (unpaired) electrons. The van der Waals surface area contributed by atoms with Crippen LogP contribution in [0.1, 0.15) is 13.3 Å². The summed E-state index contributed by atoms with van der Waals surface area (Å²) in [6, 6.07) is 0. The molecular formula is C5H8O7S2. The fourth-order valence-corrected chi connectivity index (χ4v) is 2.14. The molecule has 2 N–H and O–H groups in total. The maximum absolute atomic E-state index is 10.7. The van der Waals surface area contributed by atoms with Gasteiger partial charge in [-0.3, -0.25) is 13.9 Å². The molecule has 14 heavy (non-hydrogen) atoms. The summed E-state index contributed by atoms with van der Waals surface area (Å²) in [7, 11) is -10.3. The van der Waals surface area contributed by atoms with E-state index in [9.17, 15) is 21.6 Å². The summed E-state index contributed by atoms with van der Waals surface area (Å²) in [6.07, 6.45) is -0.000787. The smallest absolute Gasteiger partial charge is 0.295 e. The summed E-state index contributed by atoms with van der Waals surface area (Å²) >= 11 is 0. The van der Waals surface area contributed by atoms with Gasteiger partial charge in [0, 0.05) is 12.5 Å². The lowest BCUT2D eigenvalue weighted by molar-refractivity contribution is -0.114. The van der Waals surface area contributed by atoms with Crippen LogP contribution in [0.3, 0.4) is 0 Å². The van der Waals surface area contributed by atoms with Gasteiger partial charge in [-0.2, -0.15) is 16.8 Å². The lowest BCUT2D eigenvalue weighted by atomic mass is 10.3. The van der Waals surface area contributed by atoms with Crippen molar-refractivity contribution in [3.8, 4) is 0 Å².